The number of benzene rings is 2. The van der Waals surface area contributed by atoms with E-state index in [0.29, 0.717) is 0 Å². The minimum atomic E-state index is -1.44. The van der Waals surface area contributed by atoms with Crippen LogP contribution >= 0.6 is 0 Å². The van der Waals surface area contributed by atoms with E-state index in [1.807, 2.05) is 0 Å². The molecule has 0 unspecified atom stereocenters. The van der Waals surface area contributed by atoms with E-state index in [2.05, 4.69) is 0 Å². The number of ketones is 1. The summed E-state index contributed by atoms with van der Waals surface area (Å²) >= 11 is 0. The smallest absolute Gasteiger partial charge is 0.311 e. The topological polar surface area (TPSA) is 184 Å². The van der Waals surface area contributed by atoms with Crippen LogP contribution in [0.3, 0.4) is 0 Å². The highest BCUT2D eigenvalue weighted by Crippen LogP contribution is 2.42. The summed E-state index contributed by atoms with van der Waals surface area (Å²) in [5.74, 6) is -5.63. The number of nitro benzene ring substituents is 2. The fraction of sp³-hybridized carbons (Fsp3) is 0. The van der Waals surface area contributed by atoms with E-state index in [0.717, 1.165) is 24.3 Å². The number of nitro groups is 2. The molecule has 0 bridgehead atoms. The van der Waals surface area contributed by atoms with E-state index >= 15 is 0 Å². The van der Waals surface area contributed by atoms with Crippen molar-refractivity contribution in [1.29, 1.82) is 0 Å². The van der Waals surface area contributed by atoms with Gasteiger partial charge in [0.15, 0.2) is 0 Å². The summed E-state index contributed by atoms with van der Waals surface area (Å²) in [6.45, 7) is 0. The molecule has 0 radical (unpaired) electrons. The number of phenols is 4. The number of phenolic OH excluding ortho intramolecular Hbond substituents is 4. The molecule has 2 aromatic carbocycles. The van der Waals surface area contributed by atoms with Crippen LogP contribution < -0.4 is 0 Å². The molecule has 0 aliphatic heterocycles. The molecule has 24 heavy (non-hydrogen) atoms. The van der Waals surface area contributed by atoms with Gasteiger partial charge < -0.3 is 20.4 Å². The molecule has 4 N–H and O–H groups in total. The molecule has 11 nitrogen and oxygen atoms in total. The third-order valence-corrected chi connectivity index (χ3v) is 3.12. The zero-order valence-electron chi connectivity index (χ0n) is 11.5. The standard InChI is InChI=1S/C13H8N2O9/c16-7-3-1-5(14(21)22)11(18)9(7)13(20)10-8(17)4-2-6(12(10)19)15(23)24/h1-4,16-19H. The zero-order valence-corrected chi connectivity index (χ0v) is 11.5. The second kappa shape index (κ2) is 5.72. The van der Waals surface area contributed by atoms with Gasteiger partial charge in [-0.3, -0.25) is 25.0 Å². The Balaban J connectivity index is 2.75. The minimum absolute atomic E-state index is 0.731. The zero-order chi connectivity index (χ0) is 18.2. The Bertz CT molecular complexity index is 820. The van der Waals surface area contributed by atoms with Crippen molar-refractivity contribution in [3.05, 3.63) is 55.6 Å². The van der Waals surface area contributed by atoms with Gasteiger partial charge in [0, 0.05) is 12.1 Å². The largest absolute Gasteiger partial charge is 0.507 e. The fourth-order valence-corrected chi connectivity index (χ4v) is 2.01. The van der Waals surface area contributed by atoms with Gasteiger partial charge in [0.2, 0.25) is 17.3 Å². The molecule has 0 aliphatic carbocycles. The highest BCUT2D eigenvalue weighted by molar-refractivity contribution is 6.16. The highest BCUT2D eigenvalue weighted by Gasteiger charge is 2.32. The molecule has 0 fully saturated rings. The third kappa shape index (κ3) is 2.49. The highest BCUT2D eigenvalue weighted by atomic mass is 16.6. The molecule has 2 aromatic rings. The van der Waals surface area contributed by atoms with Crippen molar-refractivity contribution in [3.8, 4) is 23.0 Å². The summed E-state index contributed by atoms with van der Waals surface area (Å²) < 4.78 is 0. The molecule has 0 spiro atoms. The number of carbonyl (C=O) groups is 1. The maximum absolute atomic E-state index is 12.4. The molecule has 0 atom stereocenters. The lowest BCUT2D eigenvalue weighted by atomic mass is 9.98. The predicted molar refractivity (Wildman–Crippen MR) is 76.3 cm³/mol. The van der Waals surface area contributed by atoms with Crippen LogP contribution in [0.4, 0.5) is 11.4 Å². The first-order valence-corrected chi connectivity index (χ1v) is 6.10. The number of carbonyl (C=O) groups excluding carboxylic acids is 1. The molecule has 0 saturated carbocycles. The van der Waals surface area contributed by atoms with Gasteiger partial charge in [-0.2, -0.15) is 0 Å². The van der Waals surface area contributed by atoms with Crippen LogP contribution in [-0.4, -0.2) is 36.1 Å². The van der Waals surface area contributed by atoms with Gasteiger partial charge in [0.1, 0.15) is 22.6 Å². The molecule has 0 saturated heterocycles. The lowest BCUT2D eigenvalue weighted by molar-refractivity contribution is -0.386. The maximum atomic E-state index is 12.4. The average Bonchev–Trinajstić information content (AvgIpc) is 2.46. The molecular formula is C13H8N2O9. The Morgan fingerprint density at radius 2 is 1.08 bits per heavy atom. The fourth-order valence-electron chi connectivity index (χ4n) is 2.01. The number of hydrogen-bond acceptors (Lipinski definition) is 9. The van der Waals surface area contributed by atoms with Gasteiger partial charge in [-0.05, 0) is 12.1 Å². The summed E-state index contributed by atoms with van der Waals surface area (Å²) in [5, 5.41) is 60.6. The summed E-state index contributed by atoms with van der Waals surface area (Å²) in [6.07, 6.45) is 0. The van der Waals surface area contributed by atoms with E-state index in [4.69, 9.17) is 0 Å². The predicted octanol–water partition coefficient (Wildman–Crippen LogP) is 1.56. The molecule has 124 valence electrons. The molecule has 0 amide bonds. The van der Waals surface area contributed by atoms with E-state index in [-0.39, 0.29) is 0 Å². The van der Waals surface area contributed by atoms with Crippen molar-refractivity contribution in [3.63, 3.8) is 0 Å². The SMILES string of the molecule is O=C(c1c(O)ccc([N+](=O)[O-])c1O)c1c(O)ccc([N+](=O)[O-])c1O. The van der Waals surface area contributed by atoms with Crippen LogP contribution in [0.25, 0.3) is 0 Å². The quantitative estimate of drug-likeness (QED) is 0.365. The Hall–Kier alpha value is -3.89. The number of hydrogen-bond donors (Lipinski definition) is 4. The molecule has 0 heterocycles. The van der Waals surface area contributed by atoms with E-state index in [1.165, 1.54) is 0 Å². The van der Waals surface area contributed by atoms with Crippen LogP contribution in [0, 0.1) is 20.2 Å². The van der Waals surface area contributed by atoms with Gasteiger partial charge in [0.05, 0.1) is 9.85 Å². The van der Waals surface area contributed by atoms with Crippen LogP contribution in [0.1, 0.15) is 15.9 Å². The van der Waals surface area contributed by atoms with Gasteiger partial charge in [-0.15, -0.1) is 0 Å². The first kappa shape index (κ1) is 16.5. The lowest BCUT2D eigenvalue weighted by Crippen LogP contribution is -2.06. The van der Waals surface area contributed by atoms with Crippen molar-refractivity contribution < 1.29 is 35.1 Å². The number of rotatable bonds is 4. The summed E-state index contributed by atoms with van der Waals surface area (Å²) in [6, 6.07) is 2.95. The van der Waals surface area contributed by atoms with Crippen molar-refractivity contribution in [2.45, 2.75) is 0 Å². The van der Waals surface area contributed by atoms with Crippen molar-refractivity contribution >= 4 is 17.2 Å². The second-order valence-electron chi connectivity index (χ2n) is 4.50. The van der Waals surface area contributed by atoms with Crippen molar-refractivity contribution in [1.82, 2.24) is 0 Å². The number of nitrogens with zero attached hydrogens (tertiary/aromatic N) is 2. The monoisotopic (exact) mass is 336 g/mol. The Morgan fingerprint density at radius 1 is 0.750 bits per heavy atom. The summed E-state index contributed by atoms with van der Waals surface area (Å²) in [5.41, 5.74) is -3.81. The summed E-state index contributed by atoms with van der Waals surface area (Å²) in [7, 11) is 0. The normalized spacial score (nSPS) is 10.3. The molecule has 11 heteroatoms. The number of aromatic hydroxyl groups is 4. The van der Waals surface area contributed by atoms with Crippen LogP contribution in [0.15, 0.2) is 24.3 Å². The van der Waals surface area contributed by atoms with Crippen LogP contribution in [0.2, 0.25) is 0 Å². The Labute approximate surface area is 131 Å². The van der Waals surface area contributed by atoms with Gasteiger partial charge in [0.25, 0.3) is 0 Å². The molecule has 2 rings (SSSR count). The maximum Gasteiger partial charge on any atom is 0.311 e. The molecular weight excluding hydrogens is 328 g/mol. The molecule has 0 aliphatic rings. The van der Waals surface area contributed by atoms with Gasteiger partial charge in [-0.25, -0.2) is 0 Å². The molecule has 0 aromatic heterocycles. The minimum Gasteiger partial charge on any atom is -0.507 e. The van der Waals surface area contributed by atoms with Crippen LogP contribution in [0.5, 0.6) is 23.0 Å². The van der Waals surface area contributed by atoms with Crippen molar-refractivity contribution in [2.24, 2.45) is 0 Å². The van der Waals surface area contributed by atoms with E-state index in [9.17, 15) is 45.4 Å². The van der Waals surface area contributed by atoms with E-state index in [1.54, 1.807) is 0 Å². The second-order valence-corrected chi connectivity index (χ2v) is 4.50. The first-order chi connectivity index (χ1) is 11.2. The lowest BCUT2D eigenvalue weighted by Gasteiger charge is -2.09. The Morgan fingerprint density at radius 3 is 1.38 bits per heavy atom. The Kier molecular flexibility index (Phi) is 3.93. The summed E-state index contributed by atoms with van der Waals surface area (Å²) in [4.78, 5) is 31.9. The third-order valence-electron chi connectivity index (χ3n) is 3.12. The van der Waals surface area contributed by atoms with Crippen LogP contribution in [-0.2, 0) is 0 Å². The van der Waals surface area contributed by atoms with Gasteiger partial charge >= 0.3 is 11.4 Å². The average molecular weight is 336 g/mol. The van der Waals surface area contributed by atoms with Crippen molar-refractivity contribution in [2.75, 3.05) is 0 Å². The van der Waals surface area contributed by atoms with E-state index < -0.39 is 61.1 Å². The van der Waals surface area contributed by atoms with Gasteiger partial charge in [-0.1, -0.05) is 0 Å². The first-order valence-electron chi connectivity index (χ1n) is 6.10.